The Balaban J connectivity index is 0.00000225. The van der Waals surface area contributed by atoms with Crippen LogP contribution in [0, 0.1) is 0 Å². The first-order chi connectivity index (χ1) is 7.03. The highest BCUT2D eigenvalue weighted by molar-refractivity contribution is 5.39. The Morgan fingerprint density at radius 1 is 1.06 bits per heavy atom. The molecule has 0 saturated carbocycles. The van der Waals surface area contributed by atoms with Gasteiger partial charge in [0.05, 0.1) is 28.3 Å². The number of likely N-dealkylation sites (N-methyl/N-ethyl adjacent to an activating group) is 1. The average molecular weight is 290 g/mol. The van der Waals surface area contributed by atoms with Crippen LogP contribution < -0.4 is 26.5 Å². The SMILES string of the molecule is COc1ccccc1OCC[N+](C)(C)C.[Br-]. The molecule has 0 atom stereocenters. The van der Waals surface area contributed by atoms with E-state index in [1.54, 1.807) is 7.11 Å². The number of nitrogens with zero attached hydrogens (tertiary/aromatic N) is 1. The van der Waals surface area contributed by atoms with Crippen molar-refractivity contribution in [1.29, 1.82) is 0 Å². The summed E-state index contributed by atoms with van der Waals surface area (Å²) in [5.74, 6) is 1.60. The lowest BCUT2D eigenvalue weighted by molar-refractivity contribution is -0.870. The number of hydrogen-bond donors (Lipinski definition) is 0. The molecule has 0 aromatic heterocycles. The molecule has 4 heteroatoms. The third-order valence-electron chi connectivity index (χ3n) is 2.09. The zero-order valence-corrected chi connectivity index (χ0v) is 12.0. The van der Waals surface area contributed by atoms with E-state index in [1.165, 1.54) is 0 Å². The maximum atomic E-state index is 5.66. The van der Waals surface area contributed by atoms with Crippen molar-refractivity contribution in [2.24, 2.45) is 0 Å². The fourth-order valence-corrected chi connectivity index (χ4v) is 1.17. The minimum atomic E-state index is 0. The molecular weight excluding hydrogens is 270 g/mol. The predicted molar refractivity (Wildman–Crippen MR) is 61.4 cm³/mol. The van der Waals surface area contributed by atoms with Crippen molar-refractivity contribution in [2.45, 2.75) is 0 Å². The van der Waals surface area contributed by atoms with E-state index in [-0.39, 0.29) is 17.0 Å². The van der Waals surface area contributed by atoms with Gasteiger partial charge in [-0.25, -0.2) is 0 Å². The Morgan fingerprint density at radius 3 is 2.12 bits per heavy atom. The molecule has 3 nitrogen and oxygen atoms in total. The van der Waals surface area contributed by atoms with Crippen molar-refractivity contribution >= 4 is 0 Å². The zero-order chi connectivity index (χ0) is 11.3. The summed E-state index contributed by atoms with van der Waals surface area (Å²) in [7, 11) is 8.09. The highest BCUT2D eigenvalue weighted by Crippen LogP contribution is 2.25. The van der Waals surface area contributed by atoms with Crippen LogP contribution in [0.15, 0.2) is 24.3 Å². The van der Waals surface area contributed by atoms with Gasteiger partial charge in [0.2, 0.25) is 0 Å². The molecule has 0 saturated heterocycles. The van der Waals surface area contributed by atoms with E-state index in [0.717, 1.165) is 22.5 Å². The van der Waals surface area contributed by atoms with Crippen LogP contribution in [0.3, 0.4) is 0 Å². The van der Waals surface area contributed by atoms with Gasteiger partial charge in [0.15, 0.2) is 11.5 Å². The number of para-hydroxylation sites is 2. The number of ether oxygens (including phenoxy) is 2. The number of rotatable bonds is 5. The van der Waals surface area contributed by atoms with Gasteiger partial charge in [-0.1, -0.05) is 12.1 Å². The Hall–Kier alpha value is -0.740. The Bertz CT molecular complexity index is 310. The minimum Gasteiger partial charge on any atom is -1.00 e. The van der Waals surface area contributed by atoms with Crippen LogP contribution in [-0.4, -0.2) is 45.9 Å². The maximum absolute atomic E-state index is 5.66. The smallest absolute Gasteiger partial charge is 0.161 e. The first kappa shape index (κ1) is 15.3. The first-order valence-corrected chi connectivity index (χ1v) is 5.09. The van der Waals surface area contributed by atoms with E-state index >= 15 is 0 Å². The van der Waals surface area contributed by atoms with Gasteiger partial charge in [-0.05, 0) is 12.1 Å². The highest BCUT2D eigenvalue weighted by atomic mass is 79.9. The summed E-state index contributed by atoms with van der Waals surface area (Å²) in [6.07, 6.45) is 0. The largest absolute Gasteiger partial charge is 1.00 e. The number of hydrogen-bond acceptors (Lipinski definition) is 2. The molecule has 1 rings (SSSR count). The quantitative estimate of drug-likeness (QED) is 0.633. The van der Waals surface area contributed by atoms with Gasteiger partial charge in [0.25, 0.3) is 0 Å². The van der Waals surface area contributed by atoms with Crippen LogP contribution in [0.25, 0.3) is 0 Å². The number of methoxy groups -OCH3 is 1. The number of benzene rings is 1. The van der Waals surface area contributed by atoms with E-state index in [0.29, 0.717) is 6.61 Å². The summed E-state index contributed by atoms with van der Waals surface area (Å²) < 4.78 is 11.8. The van der Waals surface area contributed by atoms with Gasteiger partial charge in [-0.3, -0.25) is 0 Å². The Morgan fingerprint density at radius 2 is 1.62 bits per heavy atom. The summed E-state index contributed by atoms with van der Waals surface area (Å²) in [5, 5.41) is 0. The van der Waals surface area contributed by atoms with E-state index in [1.807, 2.05) is 24.3 Å². The van der Waals surface area contributed by atoms with Gasteiger partial charge >= 0.3 is 0 Å². The molecular formula is C12H20BrNO2. The summed E-state index contributed by atoms with van der Waals surface area (Å²) in [6.45, 7) is 1.67. The van der Waals surface area contributed by atoms with Crippen molar-refractivity contribution in [3.63, 3.8) is 0 Å². The fourth-order valence-electron chi connectivity index (χ4n) is 1.17. The molecule has 0 aliphatic carbocycles. The summed E-state index contributed by atoms with van der Waals surface area (Å²) >= 11 is 0. The zero-order valence-electron chi connectivity index (χ0n) is 10.4. The third-order valence-corrected chi connectivity index (χ3v) is 2.09. The van der Waals surface area contributed by atoms with E-state index in [4.69, 9.17) is 9.47 Å². The standard InChI is InChI=1S/C12H20NO2.BrH/c1-13(2,3)9-10-15-12-8-6-5-7-11(12)14-4;/h5-8H,9-10H2,1-4H3;1H/q+1;/p-1. The second-order valence-corrected chi connectivity index (χ2v) is 4.51. The number of halogens is 1. The average Bonchev–Trinajstić information content (AvgIpc) is 2.16. The lowest BCUT2D eigenvalue weighted by Gasteiger charge is -2.23. The van der Waals surface area contributed by atoms with Gasteiger partial charge in [0.1, 0.15) is 13.2 Å². The summed E-state index contributed by atoms with van der Waals surface area (Å²) in [5.41, 5.74) is 0. The molecule has 0 spiro atoms. The highest BCUT2D eigenvalue weighted by Gasteiger charge is 2.08. The normalized spacial score (nSPS) is 10.5. The Kier molecular flexibility index (Phi) is 6.45. The first-order valence-electron chi connectivity index (χ1n) is 5.09. The monoisotopic (exact) mass is 289 g/mol. The third kappa shape index (κ3) is 5.37. The van der Waals surface area contributed by atoms with Gasteiger partial charge < -0.3 is 30.9 Å². The molecule has 0 unspecified atom stereocenters. The van der Waals surface area contributed by atoms with Crippen LogP contribution in [0.2, 0.25) is 0 Å². The fraction of sp³-hybridized carbons (Fsp3) is 0.500. The molecule has 1 aromatic carbocycles. The summed E-state index contributed by atoms with van der Waals surface area (Å²) in [4.78, 5) is 0. The van der Waals surface area contributed by atoms with Crippen molar-refractivity contribution in [3.05, 3.63) is 24.3 Å². The molecule has 0 fully saturated rings. The molecule has 92 valence electrons. The second kappa shape index (κ2) is 6.76. The van der Waals surface area contributed by atoms with E-state index in [9.17, 15) is 0 Å². The van der Waals surface area contributed by atoms with Gasteiger partial charge in [-0.15, -0.1) is 0 Å². The van der Waals surface area contributed by atoms with Crippen molar-refractivity contribution in [3.8, 4) is 11.5 Å². The molecule has 0 aliphatic heterocycles. The molecule has 0 heterocycles. The van der Waals surface area contributed by atoms with Crippen LogP contribution >= 0.6 is 0 Å². The molecule has 1 aromatic rings. The molecule has 0 N–H and O–H groups in total. The van der Waals surface area contributed by atoms with Crippen LogP contribution in [0.1, 0.15) is 0 Å². The van der Waals surface area contributed by atoms with Crippen molar-refractivity contribution < 1.29 is 30.9 Å². The lowest BCUT2D eigenvalue weighted by Crippen LogP contribution is -3.00. The molecule has 0 amide bonds. The minimum absolute atomic E-state index is 0. The summed E-state index contributed by atoms with van der Waals surface area (Å²) in [6, 6.07) is 7.71. The van der Waals surface area contributed by atoms with Crippen LogP contribution in [0.5, 0.6) is 11.5 Å². The second-order valence-electron chi connectivity index (χ2n) is 4.51. The maximum Gasteiger partial charge on any atom is 0.161 e. The topological polar surface area (TPSA) is 18.5 Å². The number of quaternary nitrogens is 1. The van der Waals surface area contributed by atoms with Crippen molar-refractivity contribution in [2.75, 3.05) is 41.4 Å². The van der Waals surface area contributed by atoms with Crippen LogP contribution in [-0.2, 0) is 0 Å². The molecule has 0 aliphatic rings. The lowest BCUT2D eigenvalue weighted by atomic mass is 10.3. The van der Waals surface area contributed by atoms with E-state index < -0.39 is 0 Å². The van der Waals surface area contributed by atoms with Crippen LogP contribution in [0.4, 0.5) is 0 Å². The van der Waals surface area contributed by atoms with Crippen molar-refractivity contribution in [1.82, 2.24) is 0 Å². The molecule has 16 heavy (non-hydrogen) atoms. The molecule has 0 bridgehead atoms. The predicted octanol–water partition coefficient (Wildman–Crippen LogP) is -1.22. The Labute approximate surface area is 108 Å². The van der Waals surface area contributed by atoms with Gasteiger partial charge in [-0.2, -0.15) is 0 Å². The molecule has 0 radical (unpaired) electrons. The van der Waals surface area contributed by atoms with E-state index in [2.05, 4.69) is 21.1 Å². The van der Waals surface area contributed by atoms with Gasteiger partial charge in [0, 0.05) is 0 Å².